The Bertz CT molecular complexity index is 1150. The van der Waals surface area contributed by atoms with Gasteiger partial charge in [-0.3, -0.25) is 0 Å². The van der Waals surface area contributed by atoms with Crippen LogP contribution in [0.4, 0.5) is 10.2 Å². The van der Waals surface area contributed by atoms with Gasteiger partial charge >= 0.3 is 0 Å². The number of hydrogen-bond acceptors (Lipinski definition) is 6. The minimum atomic E-state index is -0.394. The van der Waals surface area contributed by atoms with Crippen molar-refractivity contribution in [3.63, 3.8) is 0 Å². The molecule has 4 rings (SSSR count). The molecular weight excluding hydrogens is 361 g/mol. The number of aromatic nitrogens is 3. The van der Waals surface area contributed by atoms with Crippen molar-refractivity contribution in [2.45, 2.75) is 6.54 Å². The van der Waals surface area contributed by atoms with E-state index in [2.05, 4.69) is 15.6 Å². The van der Waals surface area contributed by atoms with Crippen LogP contribution < -0.4 is 5.32 Å². The molecule has 0 fully saturated rings. The lowest BCUT2D eigenvalue weighted by Gasteiger charge is -2.06. The summed E-state index contributed by atoms with van der Waals surface area (Å²) in [6, 6.07) is 12.0. The molecule has 0 atom stereocenters. The predicted molar refractivity (Wildman–Crippen MR) is 99.7 cm³/mol. The molecule has 7 nitrogen and oxygen atoms in total. The number of rotatable bonds is 6. The summed E-state index contributed by atoms with van der Waals surface area (Å²) < 4.78 is 26.3. The first-order valence-corrected chi connectivity index (χ1v) is 8.37. The van der Waals surface area contributed by atoms with Crippen LogP contribution in [0, 0.1) is 17.1 Å². The fraction of sp³-hybridized carbons (Fsp3) is 0.0500. The van der Waals surface area contributed by atoms with Crippen molar-refractivity contribution in [2.24, 2.45) is 0 Å². The van der Waals surface area contributed by atoms with Gasteiger partial charge < -0.3 is 18.9 Å². The molecule has 1 N–H and O–H groups in total. The van der Waals surface area contributed by atoms with E-state index >= 15 is 0 Å². The second-order valence-electron chi connectivity index (χ2n) is 5.90. The standard InChI is InChI=1S/C20H14FN5O2/c21-17-10-15(3-4-19(17)26-8-5-14(13-26)2-1-7-22)18-11-16(28-24-18)12-23-20-6-9-27-25-20/h1-6,8-11,13H,12H2,(H,23,25)/b2-1+. The van der Waals surface area contributed by atoms with Crippen molar-refractivity contribution >= 4 is 11.9 Å². The average molecular weight is 375 g/mol. The maximum absolute atomic E-state index is 14.6. The van der Waals surface area contributed by atoms with Gasteiger partial charge in [0.05, 0.1) is 18.3 Å². The van der Waals surface area contributed by atoms with Gasteiger partial charge in [-0.15, -0.1) is 0 Å². The van der Waals surface area contributed by atoms with Gasteiger partial charge in [0.2, 0.25) is 0 Å². The zero-order chi connectivity index (χ0) is 19.3. The topological polar surface area (TPSA) is 92.8 Å². The molecule has 0 aliphatic heterocycles. The van der Waals surface area contributed by atoms with E-state index in [1.165, 1.54) is 18.4 Å². The summed E-state index contributed by atoms with van der Waals surface area (Å²) in [5.74, 6) is 0.778. The van der Waals surface area contributed by atoms with E-state index < -0.39 is 5.82 Å². The highest BCUT2D eigenvalue weighted by atomic mass is 19.1. The highest BCUT2D eigenvalue weighted by molar-refractivity contribution is 5.61. The number of allylic oxidation sites excluding steroid dienone is 1. The molecule has 0 aliphatic rings. The summed E-state index contributed by atoms with van der Waals surface area (Å²) in [4.78, 5) is 0. The van der Waals surface area contributed by atoms with Crippen molar-refractivity contribution in [1.29, 1.82) is 5.26 Å². The Balaban J connectivity index is 1.51. The summed E-state index contributed by atoms with van der Waals surface area (Å²) in [5, 5.41) is 19.4. The molecule has 28 heavy (non-hydrogen) atoms. The first kappa shape index (κ1) is 17.3. The second-order valence-corrected chi connectivity index (χ2v) is 5.90. The third kappa shape index (κ3) is 3.68. The molecule has 1 aromatic carbocycles. The van der Waals surface area contributed by atoms with Gasteiger partial charge in [-0.2, -0.15) is 5.26 Å². The highest BCUT2D eigenvalue weighted by Gasteiger charge is 2.11. The number of nitrogens with one attached hydrogen (secondary N) is 1. The normalized spacial score (nSPS) is 11.0. The Morgan fingerprint density at radius 3 is 2.93 bits per heavy atom. The molecule has 0 saturated heterocycles. The Hall–Kier alpha value is -4.12. The molecule has 0 amide bonds. The third-order valence-electron chi connectivity index (χ3n) is 4.03. The second kappa shape index (κ2) is 7.63. The molecule has 138 valence electrons. The maximum Gasteiger partial charge on any atom is 0.169 e. The molecule has 0 unspecified atom stereocenters. The van der Waals surface area contributed by atoms with Gasteiger partial charge in [-0.1, -0.05) is 16.4 Å². The van der Waals surface area contributed by atoms with E-state index in [4.69, 9.17) is 14.3 Å². The molecule has 3 aromatic heterocycles. The highest BCUT2D eigenvalue weighted by Crippen LogP contribution is 2.24. The third-order valence-corrected chi connectivity index (χ3v) is 4.03. The Kier molecular flexibility index (Phi) is 4.72. The molecule has 0 radical (unpaired) electrons. The van der Waals surface area contributed by atoms with Gasteiger partial charge in [0, 0.05) is 36.2 Å². The lowest BCUT2D eigenvalue weighted by atomic mass is 10.1. The fourth-order valence-corrected chi connectivity index (χ4v) is 2.68. The van der Waals surface area contributed by atoms with Gasteiger partial charge in [0.1, 0.15) is 17.8 Å². The van der Waals surface area contributed by atoms with E-state index in [0.717, 1.165) is 5.56 Å². The van der Waals surface area contributed by atoms with Crippen molar-refractivity contribution in [2.75, 3.05) is 5.32 Å². The number of nitrogens with zero attached hydrogens (tertiary/aromatic N) is 4. The number of anilines is 1. The first-order chi connectivity index (χ1) is 13.7. The van der Waals surface area contributed by atoms with Crippen LogP contribution in [0.2, 0.25) is 0 Å². The largest absolute Gasteiger partial charge is 0.363 e. The molecule has 0 bridgehead atoms. The monoisotopic (exact) mass is 375 g/mol. The van der Waals surface area contributed by atoms with Gasteiger partial charge in [0.15, 0.2) is 11.6 Å². The molecular formula is C20H14FN5O2. The summed E-state index contributed by atoms with van der Waals surface area (Å²) >= 11 is 0. The lowest BCUT2D eigenvalue weighted by molar-refractivity contribution is 0.389. The van der Waals surface area contributed by atoms with Crippen molar-refractivity contribution in [1.82, 2.24) is 14.9 Å². The number of hydrogen-bond donors (Lipinski definition) is 1. The van der Waals surface area contributed by atoms with Crippen LogP contribution in [0.3, 0.4) is 0 Å². The smallest absolute Gasteiger partial charge is 0.169 e. The van der Waals surface area contributed by atoms with E-state index in [0.29, 0.717) is 35.1 Å². The van der Waals surface area contributed by atoms with E-state index in [-0.39, 0.29) is 0 Å². The summed E-state index contributed by atoms with van der Waals surface area (Å²) in [5.41, 5.74) is 2.35. The predicted octanol–water partition coefficient (Wildman–Crippen LogP) is 4.41. The Morgan fingerprint density at radius 2 is 2.14 bits per heavy atom. The van der Waals surface area contributed by atoms with Crippen LogP contribution >= 0.6 is 0 Å². The van der Waals surface area contributed by atoms with Gasteiger partial charge in [0.25, 0.3) is 0 Å². The van der Waals surface area contributed by atoms with Crippen LogP contribution in [0.5, 0.6) is 0 Å². The van der Waals surface area contributed by atoms with Crippen molar-refractivity contribution in [3.8, 4) is 23.0 Å². The SMILES string of the molecule is N#C/C=C/c1ccn(-c2ccc(-c3cc(CNc4ccon4)on3)cc2F)c1. The van der Waals surface area contributed by atoms with Gasteiger partial charge in [-0.05, 0) is 29.8 Å². The zero-order valence-electron chi connectivity index (χ0n) is 14.5. The summed E-state index contributed by atoms with van der Waals surface area (Å²) in [7, 11) is 0. The molecule has 4 aromatic rings. The van der Waals surface area contributed by atoms with Gasteiger partial charge in [-0.25, -0.2) is 4.39 Å². The van der Waals surface area contributed by atoms with Crippen LogP contribution in [0.15, 0.2) is 70.2 Å². The first-order valence-electron chi connectivity index (χ1n) is 8.37. The average Bonchev–Trinajstić information content (AvgIpc) is 3.46. The number of halogens is 1. The van der Waals surface area contributed by atoms with E-state index in [1.807, 2.05) is 6.07 Å². The maximum atomic E-state index is 14.6. The van der Waals surface area contributed by atoms with Crippen molar-refractivity contribution in [3.05, 3.63) is 78.3 Å². The lowest BCUT2D eigenvalue weighted by Crippen LogP contribution is -1.97. The Morgan fingerprint density at radius 1 is 1.21 bits per heavy atom. The summed E-state index contributed by atoms with van der Waals surface area (Å²) in [6.45, 7) is 0.377. The van der Waals surface area contributed by atoms with Crippen molar-refractivity contribution < 1.29 is 13.4 Å². The van der Waals surface area contributed by atoms with E-state index in [1.54, 1.807) is 53.4 Å². The minimum Gasteiger partial charge on any atom is -0.363 e. The quantitative estimate of drug-likeness (QED) is 0.502. The number of benzene rings is 1. The van der Waals surface area contributed by atoms with E-state index in [9.17, 15) is 4.39 Å². The number of nitriles is 1. The molecule has 0 saturated carbocycles. The minimum absolute atomic E-state index is 0.377. The molecule has 0 aliphatic carbocycles. The molecule has 0 spiro atoms. The van der Waals surface area contributed by atoms with Crippen LogP contribution in [-0.4, -0.2) is 14.9 Å². The Labute approximate surface area is 159 Å². The van der Waals surface area contributed by atoms with Crippen LogP contribution in [0.1, 0.15) is 11.3 Å². The summed E-state index contributed by atoms with van der Waals surface area (Å²) in [6.07, 6.45) is 7.98. The zero-order valence-corrected chi connectivity index (χ0v) is 14.5. The van der Waals surface area contributed by atoms with Crippen LogP contribution in [-0.2, 0) is 6.54 Å². The fourth-order valence-electron chi connectivity index (χ4n) is 2.68. The molecule has 3 heterocycles. The molecule has 8 heteroatoms. The van der Waals surface area contributed by atoms with Crippen LogP contribution in [0.25, 0.3) is 23.0 Å².